The fraction of sp³-hybridized carbons (Fsp3) is 0.385. The van der Waals surface area contributed by atoms with Crippen LogP contribution in [0.25, 0.3) is 0 Å². The zero-order valence-electron chi connectivity index (χ0n) is 9.58. The molecule has 1 unspecified atom stereocenters. The van der Waals surface area contributed by atoms with Crippen LogP contribution in [0.1, 0.15) is 12.5 Å². The van der Waals surface area contributed by atoms with E-state index in [0.717, 1.165) is 23.7 Å². The minimum atomic E-state index is 0.180. The van der Waals surface area contributed by atoms with E-state index < -0.39 is 0 Å². The highest BCUT2D eigenvalue weighted by Crippen LogP contribution is 2.11. The molecule has 1 rings (SSSR count). The smallest absolute Gasteiger partial charge is 0.0721 e. The predicted molar refractivity (Wildman–Crippen MR) is 68.8 cm³/mol. The number of hydrogen-bond donors (Lipinski definition) is 1. The first kappa shape index (κ1) is 13.2. The van der Waals surface area contributed by atoms with E-state index in [9.17, 15) is 0 Å². The molecule has 0 fully saturated rings. The van der Waals surface area contributed by atoms with Crippen molar-refractivity contribution in [3.63, 3.8) is 0 Å². The Morgan fingerprint density at radius 2 is 2.38 bits per heavy atom. The number of hydrogen-bond acceptors (Lipinski definition) is 2. The third-order valence-corrected chi connectivity index (χ3v) is 2.38. The molecule has 0 radical (unpaired) electrons. The van der Waals surface area contributed by atoms with E-state index in [0.29, 0.717) is 6.61 Å². The van der Waals surface area contributed by atoms with Gasteiger partial charge in [0.05, 0.1) is 12.7 Å². The van der Waals surface area contributed by atoms with Crippen molar-refractivity contribution >= 4 is 11.6 Å². The molecule has 3 heteroatoms. The lowest BCUT2D eigenvalue weighted by molar-refractivity contribution is 0.0539. The largest absolute Gasteiger partial charge is 0.373 e. The van der Waals surface area contributed by atoms with E-state index in [4.69, 9.17) is 16.3 Å². The molecule has 0 aliphatic rings. The maximum Gasteiger partial charge on any atom is 0.0721 e. The van der Waals surface area contributed by atoms with Crippen molar-refractivity contribution in [2.45, 2.75) is 19.6 Å². The molecule has 1 atom stereocenters. The zero-order chi connectivity index (χ0) is 11.8. The Labute approximate surface area is 102 Å². The first-order chi connectivity index (χ1) is 7.72. The molecule has 0 saturated carbocycles. The minimum Gasteiger partial charge on any atom is -0.373 e. The van der Waals surface area contributed by atoms with Gasteiger partial charge in [-0.15, -0.1) is 6.58 Å². The van der Waals surface area contributed by atoms with E-state index in [2.05, 4.69) is 11.9 Å². The average Bonchev–Trinajstić information content (AvgIpc) is 2.27. The molecule has 0 saturated heterocycles. The number of benzene rings is 1. The topological polar surface area (TPSA) is 21.3 Å². The standard InChI is InChI=1S/C13H18ClNO/c1-3-7-15-9-11(2)16-10-12-5-4-6-13(14)8-12/h3-6,8,11,15H,1,7,9-10H2,2H3. The maximum absolute atomic E-state index is 5.88. The van der Waals surface area contributed by atoms with Crippen LogP contribution in [0.4, 0.5) is 0 Å². The van der Waals surface area contributed by atoms with Crippen molar-refractivity contribution in [3.05, 3.63) is 47.5 Å². The van der Waals surface area contributed by atoms with E-state index in [1.807, 2.05) is 37.3 Å². The van der Waals surface area contributed by atoms with Crippen LogP contribution in [0.15, 0.2) is 36.9 Å². The molecule has 88 valence electrons. The van der Waals surface area contributed by atoms with Gasteiger partial charge in [0, 0.05) is 18.1 Å². The van der Waals surface area contributed by atoms with Crippen molar-refractivity contribution in [2.24, 2.45) is 0 Å². The summed E-state index contributed by atoms with van der Waals surface area (Å²) in [5.74, 6) is 0. The van der Waals surface area contributed by atoms with E-state index in [1.165, 1.54) is 0 Å². The molecule has 2 nitrogen and oxygen atoms in total. The van der Waals surface area contributed by atoms with Crippen LogP contribution in [-0.4, -0.2) is 19.2 Å². The van der Waals surface area contributed by atoms with Crippen LogP contribution < -0.4 is 5.32 Å². The van der Waals surface area contributed by atoms with Gasteiger partial charge in [0.25, 0.3) is 0 Å². The second-order valence-corrected chi connectivity index (χ2v) is 4.13. The number of nitrogens with one attached hydrogen (secondary N) is 1. The molecule has 0 aliphatic carbocycles. The summed E-state index contributed by atoms with van der Waals surface area (Å²) >= 11 is 5.88. The van der Waals surface area contributed by atoms with Crippen LogP contribution in [0.3, 0.4) is 0 Å². The number of halogens is 1. The second kappa shape index (κ2) is 7.44. The van der Waals surface area contributed by atoms with E-state index in [-0.39, 0.29) is 6.10 Å². The SMILES string of the molecule is C=CCNCC(C)OCc1cccc(Cl)c1. The average molecular weight is 240 g/mol. The highest BCUT2D eigenvalue weighted by atomic mass is 35.5. The Hall–Kier alpha value is -0.830. The predicted octanol–water partition coefficient (Wildman–Crippen LogP) is 3.02. The summed E-state index contributed by atoms with van der Waals surface area (Å²) in [6, 6.07) is 7.73. The van der Waals surface area contributed by atoms with Crippen molar-refractivity contribution < 1.29 is 4.74 Å². The van der Waals surface area contributed by atoms with Gasteiger partial charge >= 0.3 is 0 Å². The van der Waals surface area contributed by atoms with Gasteiger partial charge in [-0.3, -0.25) is 0 Å². The summed E-state index contributed by atoms with van der Waals surface area (Å²) in [7, 11) is 0. The van der Waals surface area contributed by atoms with E-state index >= 15 is 0 Å². The zero-order valence-corrected chi connectivity index (χ0v) is 10.3. The van der Waals surface area contributed by atoms with Gasteiger partial charge in [-0.2, -0.15) is 0 Å². The Morgan fingerprint density at radius 3 is 3.06 bits per heavy atom. The van der Waals surface area contributed by atoms with Crippen LogP contribution in [0.5, 0.6) is 0 Å². The summed E-state index contributed by atoms with van der Waals surface area (Å²) in [5.41, 5.74) is 1.10. The Balaban J connectivity index is 2.25. The molecule has 0 spiro atoms. The van der Waals surface area contributed by atoms with Crippen molar-refractivity contribution in [1.82, 2.24) is 5.32 Å². The quantitative estimate of drug-likeness (QED) is 0.584. The normalized spacial score (nSPS) is 12.4. The fourth-order valence-electron chi connectivity index (χ4n) is 1.31. The molecule has 1 N–H and O–H groups in total. The summed E-state index contributed by atoms with van der Waals surface area (Å²) in [4.78, 5) is 0. The maximum atomic E-state index is 5.88. The highest BCUT2D eigenvalue weighted by Gasteiger charge is 2.01. The van der Waals surface area contributed by atoms with Gasteiger partial charge in [-0.25, -0.2) is 0 Å². The van der Waals surface area contributed by atoms with Crippen molar-refractivity contribution in [1.29, 1.82) is 0 Å². The molecule has 0 bridgehead atoms. The fourth-order valence-corrected chi connectivity index (χ4v) is 1.53. The summed E-state index contributed by atoms with van der Waals surface area (Å²) in [6.07, 6.45) is 2.02. The van der Waals surface area contributed by atoms with Gasteiger partial charge < -0.3 is 10.1 Å². The molecule has 0 aromatic heterocycles. The molecule has 0 heterocycles. The molecular formula is C13H18ClNO. The molecule has 1 aromatic carbocycles. The number of rotatable bonds is 7. The summed E-state index contributed by atoms with van der Waals surface area (Å²) < 4.78 is 5.67. The van der Waals surface area contributed by atoms with Gasteiger partial charge in [-0.1, -0.05) is 29.8 Å². The summed E-state index contributed by atoms with van der Waals surface area (Å²) in [5, 5.41) is 3.96. The van der Waals surface area contributed by atoms with Gasteiger partial charge in [0.1, 0.15) is 0 Å². The van der Waals surface area contributed by atoms with Gasteiger partial charge in [0.15, 0.2) is 0 Å². The third kappa shape index (κ3) is 5.31. The van der Waals surface area contributed by atoms with E-state index in [1.54, 1.807) is 0 Å². The molecule has 16 heavy (non-hydrogen) atoms. The lowest BCUT2D eigenvalue weighted by atomic mass is 10.2. The highest BCUT2D eigenvalue weighted by molar-refractivity contribution is 6.30. The molecule has 0 amide bonds. The van der Waals surface area contributed by atoms with Crippen molar-refractivity contribution in [3.8, 4) is 0 Å². The van der Waals surface area contributed by atoms with Crippen LogP contribution in [0, 0.1) is 0 Å². The first-order valence-electron chi connectivity index (χ1n) is 5.40. The first-order valence-corrected chi connectivity index (χ1v) is 5.78. The second-order valence-electron chi connectivity index (χ2n) is 3.70. The molecule has 1 aromatic rings. The Kier molecular flexibility index (Phi) is 6.16. The van der Waals surface area contributed by atoms with Gasteiger partial charge in [0.2, 0.25) is 0 Å². The lowest BCUT2D eigenvalue weighted by Crippen LogP contribution is -2.26. The third-order valence-electron chi connectivity index (χ3n) is 2.14. The Morgan fingerprint density at radius 1 is 1.56 bits per heavy atom. The summed E-state index contributed by atoms with van der Waals surface area (Å²) in [6.45, 7) is 7.92. The number of ether oxygens (including phenoxy) is 1. The lowest BCUT2D eigenvalue weighted by Gasteiger charge is -2.13. The van der Waals surface area contributed by atoms with Crippen LogP contribution in [0.2, 0.25) is 5.02 Å². The van der Waals surface area contributed by atoms with Crippen molar-refractivity contribution in [2.75, 3.05) is 13.1 Å². The minimum absolute atomic E-state index is 0.180. The Bertz CT molecular complexity index is 327. The monoisotopic (exact) mass is 239 g/mol. The molecular weight excluding hydrogens is 222 g/mol. The molecule has 0 aliphatic heterocycles. The van der Waals surface area contributed by atoms with Crippen LogP contribution in [-0.2, 0) is 11.3 Å². The van der Waals surface area contributed by atoms with Crippen LogP contribution >= 0.6 is 11.6 Å². The van der Waals surface area contributed by atoms with Gasteiger partial charge in [-0.05, 0) is 24.6 Å².